The van der Waals surface area contributed by atoms with Crippen LogP contribution < -0.4 is 5.32 Å². The largest absolute Gasteiger partial charge is 0.382 e. The molecule has 1 unspecified atom stereocenters. The highest BCUT2D eigenvalue weighted by molar-refractivity contribution is 5.83. The van der Waals surface area contributed by atoms with Gasteiger partial charge in [-0.2, -0.15) is 0 Å². The topological polar surface area (TPSA) is 30.5 Å². The summed E-state index contributed by atoms with van der Waals surface area (Å²) in [6.45, 7) is 5.11. The van der Waals surface area contributed by atoms with Crippen molar-refractivity contribution in [3.8, 4) is 0 Å². The summed E-state index contributed by atoms with van der Waals surface area (Å²) >= 11 is 0. The van der Waals surface area contributed by atoms with Gasteiger partial charge < -0.3 is 14.8 Å². The standard InChI is InChI=1S/C18H25NO2/c1-3-10-19-18(14-21-12-11-20-2)17-9-8-15-6-4-5-7-16(15)13-17/h4-9,13,18-19H,3,10-12,14H2,1-2H3. The van der Waals surface area contributed by atoms with Crippen LogP contribution in [0.3, 0.4) is 0 Å². The average molecular weight is 287 g/mol. The van der Waals surface area contributed by atoms with E-state index in [0.717, 1.165) is 13.0 Å². The summed E-state index contributed by atoms with van der Waals surface area (Å²) in [5.41, 5.74) is 1.28. The summed E-state index contributed by atoms with van der Waals surface area (Å²) in [5.74, 6) is 0. The Morgan fingerprint density at radius 2 is 1.86 bits per heavy atom. The van der Waals surface area contributed by atoms with Crippen molar-refractivity contribution in [1.29, 1.82) is 0 Å². The van der Waals surface area contributed by atoms with E-state index in [1.54, 1.807) is 7.11 Å². The molecule has 3 nitrogen and oxygen atoms in total. The summed E-state index contributed by atoms with van der Waals surface area (Å²) in [5, 5.41) is 6.11. The van der Waals surface area contributed by atoms with Crippen LogP contribution in [-0.2, 0) is 9.47 Å². The van der Waals surface area contributed by atoms with Gasteiger partial charge in [-0.25, -0.2) is 0 Å². The molecule has 0 aliphatic rings. The number of rotatable bonds is 9. The van der Waals surface area contributed by atoms with Crippen molar-refractivity contribution in [2.45, 2.75) is 19.4 Å². The smallest absolute Gasteiger partial charge is 0.0701 e. The second kappa shape index (κ2) is 8.78. The molecule has 0 amide bonds. The van der Waals surface area contributed by atoms with Crippen LogP contribution in [0.1, 0.15) is 24.9 Å². The summed E-state index contributed by atoms with van der Waals surface area (Å²) in [6.07, 6.45) is 1.11. The molecule has 0 heterocycles. The van der Waals surface area contributed by atoms with Crippen molar-refractivity contribution in [3.63, 3.8) is 0 Å². The fourth-order valence-corrected chi connectivity index (χ4v) is 2.36. The van der Waals surface area contributed by atoms with Gasteiger partial charge in [-0.1, -0.05) is 43.3 Å². The van der Waals surface area contributed by atoms with E-state index in [9.17, 15) is 0 Å². The lowest BCUT2D eigenvalue weighted by Crippen LogP contribution is -2.27. The molecule has 0 aliphatic heterocycles. The molecule has 0 fully saturated rings. The third kappa shape index (κ3) is 4.81. The van der Waals surface area contributed by atoms with Crippen molar-refractivity contribution in [1.82, 2.24) is 5.32 Å². The molecular weight excluding hydrogens is 262 g/mol. The zero-order chi connectivity index (χ0) is 14.9. The van der Waals surface area contributed by atoms with Crippen LogP contribution in [0.4, 0.5) is 0 Å². The van der Waals surface area contributed by atoms with Crippen LogP contribution in [0.25, 0.3) is 10.8 Å². The maximum absolute atomic E-state index is 5.71. The molecule has 0 saturated carbocycles. The number of nitrogens with one attached hydrogen (secondary N) is 1. The average Bonchev–Trinajstić information content (AvgIpc) is 2.54. The molecular formula is C18H25NO2. The van der Waals surface area contributed by atoms with E-state index in [2.05, 4.69) is 54.7 Å². The number of hydrogen-bond donors (Lipinski definition) is 1. The number of fused-ring (bicyclic) bond motifs is 1. The van der Waals surface area contributed by atoms with Gasteiger partial charge in [-0.15, -0.1) is 0 Å². The van der Waals surface area contributed by atoms with Gasteiger partial charge in [-0.05, 0) is 35.4 Å². The molecule has 2 aromatic rings. The maximum Gasteiger partial charge on any atom is 0.0701 e. The summed E-state index contributed by atoms with van der Waals surface area (Å²) in [6, 6.07) is 15.3. The first-order chi connectivity index (χ1) is 10.3. The molecule has 0 aromatic heterocycles. The van der Waals surface area contributed by atoms with Crippen LogP contribution >= 0.6 is 0 Å². The van der Waals surface area contributed by atoms with Crippen molar-refractivity contribution in [2.24, 2.45) is 0 Å². The lowest BCUT2D eigenvalue weighted by molar-refractivity contribution is 0.0586. The lowest BCUT2D eigenvalue weighted by Gasteiger charge is -2.19. The first-order valence-electron chi connectivity index (χ1n) is 7.64. The Bertz CT molecular complexity index is 541. The molecule has 0 radical (unpaired) electrons. The molecule has 0 spiro atoms. The predicted octanol–water partition coefficient (Wildman–Crippen LogP) is 3.54. The second-order valence-electron chi connectivity index (χ2n) is 5.18. The van der Waals surface area contributed by atoms with Gasteiger partial charge in [0.05, 0.1) is 25.9 Å². The molecule has 114 valence electrons. The Morgan fingerprint density at radius 1 is 1.05 bits per heavy atom. The zero-order valence-corrected chi connectivity index (χ0v) is 13.0. The Labute approximate surface area is 127 Å². The number of benzene rings is 2. The molecule has 2 rings (SSSR count). The van der Waals surface area contributed by atoms with E-state index < -0.39 is 0 Å². The van der Waals surface area contributed by atoms with Crippen molar-refractivity contribution >= 4 is 10.8 Å². The fourth-order valence-electron chi connectivity index (χ4n) is 2.36. The molecule has 3 heteroatoms. The zero-order valence-electron chi connectivity index (χ0n) is 13.0. The van der Waals surface area contributed by atoms with Crippen molar-refractivity contribution in [3.05, 3.63) is 48.0 Å². The lowest BCUT2D eigenvalue weighted by atomic mass is 10.0. The first kappa shape index (κ1) is 16.0. The second-order valence-corrected chi connectivity index (χ2v) is 5.18. The fraction of sp³-hybridized carbons (Fsp3) is 0.444. The van der Waals surface area contributed by atoms with Crippen LogP contribution in [0.5, 0.6) is 0 Å². The van der Waals surface area contributed by atoms with Crippen molar-refractivity contribution < 1.29 is 9.47 Å². The summed E-state index contributed by atoms with van der Waals surface area (Å²) in [4.78, 5) is 0. The van der Waals surface area contributed by atoms with Crippen LogP contribution in [-0.4, -0.2) is 33.5 Å². The Balaban J connectivity index is 2.08. The molecule has 0 saturated heterocycles. The van der Waals surface area contributed by atoms with Gasteiger partial charge in [0.1, 0.15) is 0 Å². The van der Waals surface area contributed by atoms with Crippen molar-refractivity contribution in [2.75, 3.05) is 33.5 Å². The highest BCUT2D eigenvalue weighted by atomic mass is 16.5. The quantitative estimate of drug-likeness (QED) is 0.716. The Morgan fingerprint density at radius 3 is 2.62 bits per heavy atom. The SMILES string of the molecule is CCCNC(COCCOC)c1ccc2ccccc2c1. The van der Waals surface area contributed by atoms with Gasteiger partial charge in [0.15, 0.2) is 0 Å². The van der Waals surface area contributed by atoms with Crippen LogP contribution in [0.2, 0.25) is 0 Å². The van der Waals surface area contributed by atoms with Gasteiger partial charge in [-0.3, -0.25) is 0 Å². The minimum Gasteiger partial charge on any atom is -0.382 e. The number of hydrogen-bond acceptors (Lipinski definition) is 3. The molecule has 21 heavy (non-hydrogen) atoms. The van der Waals surface area contributed by atoms with E-state index >= 15 is 0 Å². The predicted molar refractivity (Wildman–Crippen MR) is 87.7 cm³/mol. The molecule has 0 bridgehead atoms. The van der Waals surface area contributed by atoms with E-state index in [1.165, 1.54) is 16.3 Å². The molecule has 2 aromatic carbocycles. The molecule has 1 atom stereocenters. The minimum atomic E-state index is 0.228. The highest BCUT2D eigenvalue weighted by Gasteiger charge is 2.11. The molecule has 1 N–H and O–H groups in total. The van der Waals surface area contributed by atoms with E-state index in [4.69, 9.17) is 9.47 Å². The Hall–Kier alpha value is -1.42. The first-order valence-corrected chi connectivity index (χ1v) is 7.64. The third-order valence-electron chi connectivity index (χ3n) is 3.53. The highest BCUT2D eigenvalue weighted by Crippen LogP contribution is 2.20. The Kier molecular flexibility index (Phi) is 6.67. The normalized spacial score (nSPS) is 12.7. The number of ether oxygens (including phenoxy) is 2. The van der Waals surface area contributed by atoms with Crippen LogP contribution in [0, 0.1) is 0 Å². The summed E-state index contributed by atoms with van der Waals surface area (Å²) < 4.78 is 10.7. The van der Waals surface area contributed by atoms with E-state index in [0.29, 0.717) is 19.8 Å². The van der Waals surface area contributed by atoms with Gasteiger partial charge >= 0.3 is 0 Å². The number of methoxy groups -OCH3 is 1. The van der Waals surface area contributed by atoms with Gasteiger partial charge in [0.2, 0.25) is 0 Å². The molecule has 0 aliphatic carbocycles. The van der Waals surface area contributed by atoms with Gasteiger partial charge in [0.25, 0.3) is 0 Å². The monoisotopic (exact) mass is 287 g/mol. The maximum atomic E-state index is 5.71. The third-order valence-corrected chi connectivity index (χ3v) is 3.53. The van der Waals surface area contributed by atoms with E-state index in [1.807, 2.05) is 0 Å². The van der Waals surface area contributed by atoms with Gasteiger partial charge in [0, 0.05) is 7.11 Å². The van der Waals surface area contributed by atoms with E-state index in [-0.39, 0.29) is 6.04 Å². The summed E-state index contributed by atoms with van der Waals surface area (Å²) in [7, 11) is 1.69. The minimum absolute atomic E-state index is 0.228. The van der Waals surface area contributed by atoms with Crippen LogP contribution in [0.15, 0.2) is 42.5 Å².